The first-order valence-corrected chi connectivity index (χ1v) is 19.7. The molecule has 7 heterocycles. The second kappa shape index (κ2) is 14.1. The van der Waals surface area contributed by atoms with E-state index in [9.17, 15) is 0 Å². The molecule has 0 aromatic carbocycles. The molecule has 5 aliphatic rings. The molecule has 10 heteroatoms. The Morgan fingerprint density at radius 2 is 0.972 bits per heavy atom. The lowest BCUT2D eigenvalue weighted by Gasteiger charge is -2.05. The van der Waals surface area contributed by atoms with Crippen molar-refractivity contribution < 1.29 is 9.13 Å². The van der Waals surface area contributed by atoms with Crippen molar-refractivity contribution in [3.63, 3.8) is 0 Å². The van der Waals surface area contributed by atoms with Gasteiger partial charge in [0.1, 0.15) is 13.1 Å². The summed E-state index contributed by atoms with van der Waals surface area (Å²) in [5, 5.41) is 0. The van der Waals surface area contributed by atoms with E-state index in [2.05, 4.69) is 94.2 Å². The molecule has 190 valence electrons. The van der Waals surface area contributed by atoms with Gasteiger partial charge in [0.25, 0.3) is 0 Å². The molecule has 0 fully saturated rings. The Labute approximate surface area is 249 Å². The fourth-order valence-corrected chi connectivity index (χ4v) is 15.1. The minimum atomic E-state index is 1.08. The lowest BCUT2D eigenvalue weighted by Crippen LogP contribution is -2.33. The van der Waals surface area contributed by atoms with Crippen molar-refractivity contribution in [3.8, 4) is 11.1 Å². The van der Waals surface area contributed by atoms with E-state index in [-0.39, 0.29) is 0 Å². The number of hydrogen-bond donors (Lipinski definition) is 0. The number of aryl methyl sites for hydroxylation is 2. The van der Waals surface area contributed by atoms with Crippen LogP contribution >= 0.6 is 94.1 Å². The first-order valence-electron chi connectivity index (χ1n) is 12.0. The molecule has 8 bridgehead atoms. The Kier molecular flexibility index (Phi) is 10.9. The Morgan fingerprint density at radius 3 is 1.36 bits per heavy atom. The van der Waals surface area contributed by atoms with Gasteiger partial charge in [-0.05, 0) is 48.0 Å². The van der Waals surface area contributed by atoms with Crippen molar-refractivity contribution in [2.75, 3.05) is 24.0 Å². The van der Waals surface area contributed by atoms with E-state index in [1.165, 1.54) is 73.7 Å². The number of nitrogens with zero attached hydrogens (tertiary/aromatic N) is 2. The number of hydrogen-bond acceptors (Lipinski definition) is 8. The minimum absolute atomic E-state index is 1.08. The molecule has 0 N–H and O–H groups in total. The summed E-state index contributed by atoms with van der Waals surface area (Å²) in [6.07, 6.45) is 18.3. The lowest BCUT2D eigenvalue weighted by molar-refractivity contribution is -0.697. The van der Waals surface area contributed by atoms with Gasteiger partial charge in [0.15, 0.2) is 24.8 Å². The number of rotatable bonds is 2. The van der Waals surface area contributed by atoms with Gasteiger partial charge in [0.05, 0.1) is 25.4 Å². The SMILES string of the molecule is CSC1=C2SCCCC[n+]3ccc(cc3)-c3cc[n+](cc3)CCCCSC3=C(SC)S/C(=C(/S1)S2)S3. The average Bonchev–Trinajstić information content (AvgIpc) is 3.52. The van der Waals surface area contributed by atoms with Crippen LogP contribution in [0.5, 0.6) is 0 Å². The number of thioether (sulfide) groups is 8. The summed E-state index contributed by atoms with van der Waals surface area (Å²) in [5.74, 6) is 2.38. The Bertz CT molecular complexity index is 1060. The van der Waals surface area contributed by atoms with Crippen LogP contribution in [0.1, 0.15) is 25.7 Å². The molecule has 2 aromatic heterocycles. The van der Waals surface area contributed by atoms with E-state index < -0.39 is 0 Å². The third-order valence-electron chi connectivity index (χ3n) is 5.82. The molecule has 0 saturated heterocycles. The predicted molar refractivity (Wildman–Crippen MR) is 174 cm³/mol. The largest absolute Gasteiger partial charge is 0.205 e. The van der Waals surface area contributed by atoms with Crippen molar-refractivity contribution in [2.45, 2.75) is 38.8 Å². The van der Waals surface area contributed by atoms with E-state index in [0.717, 1.165) is 13.1 Å². The molecule has 5 aliphatic heterocycles. The van der Waals surface area contributed by atoms with Crippen LogP contribution in [0, 0.1) is 0 Å². The molecule has 0 radical (unpaired) electrons. The lowest BCUT2D eigenvalue weighted by atomic mass is 10.1. The van der Waals surface area contributed by atoms with Crippen LogP contribution in [-0.2, 0) is 13.1 Å². The minimum Gasteiger partial charge on any atom is -0.205 e. The number of fused-ring (bicyclic) bond motifs is 2. The third kappa shape index (κ3) is 7.29. The molecule has 7 rings (SSSR count). The number of pyridine rings is 2. The van der Waals surface area contributed by atoms with Crippen molar-refractivity contribution >= 4 is 94.1 Å². The summed E-state index contributed by atoms with van der Waals surface area (Å²) < 4.78 is 13.6. The topological polar surface area (TPSA) is 7.76 Å². The van der Waals surface area contributed by atoms with Crippen molar-refractivity contribution in [1.29, 1.82) is 0 Å². The Hall–Kier alpha value is 0.320. The molecule has 0 saturated carbocycles. The van der Waals surface area contributed by atoms with Gasteiger partial charge in [0.2, 0.25) is 0 Å². The summed E-state index contributed by atoms with van der Waals surface area (Å²) in [4.78, 5) is 0. The highest BCUT2D eigenvalue weighted by Gasteiger charge is 2.30. The summed E-state index contributed by atoms with van der Waals surface area (Å²) in [6, 6.07) is 9.01. The van der Waals surface area contributed by atoms with Crippen molar-refractivity contribution in [1.82, 2.24) is 0 Å². The van der Waals surface area contributed by atoms with Gasteiger partial charge in [-0.1, -0.05) is 47.0 Å². The average molecular weight is 627 g/mol. The second-order valence-electron chi connectivity index (χ2n) is 8.30. The van der Waals surface area contributed by atoms with Gasteiger partial charge in [-0.3, -0.25) is 0 Å². The summed E-state index contributed by atoms with van der Waals surface area (Å²) in [5.41, 5.74) is 2.58. The fourth-order valence-electron chi connectivity index (χ4n) is 3.86. The zero-order chi connectivity index (χ0) is 24.7. The van der Waals surface area contributed by atoms with Crippen LogP contribution in [0.3, 0.4) is 0 Å². The molecular formula is C26H30N2S8+2. The molecule has 0 spiro atoms. The predicted octanol–water partition coefficient (Wildman–Crippen LogP) is 9.03. The quantitative estimate of drug-likeness (QED) is 0.301. The third-order valence-corrected chi connectivity index (χ3v) is 17.3. The highest BCUT2D eigenvalue weighted by molar-refractivity contribution is 8.45. The molecule has 0 aliphatic carbocycles. The maximum absolute atomic E-state index is 2.32. The zero-order valence-corrected chi connectivity index (χ0v) is 27.0. The first kappa shape index (κ1) is 27.9. The van der Waals surface area contributed by atoms with Crippen LogP contribution in [0.4, 0.5) is 0 Å². The van der Waals surface area contributed by atoms with Crippen LogP contribution in [0.25, 0.3) is 11.1 Å². The van der Waals surface area contributed by atoms with Crippen molar-refractivity contribution in [3.05, 3.63) is 74.5 Å². The van der Waals surface area contributed by atoms with E-state index in [4.69, 9.17) is 0 Å². The molecule has 0 amide bonds. The van der Waals surface area contributed by atoms with E-state index in [1.54, 1.807) is 0 Å². The zero-order valence-electron chi connectivity index (χ0n) is 20.4. The van der Waals surface area contributed by atoms with Gasteiger partial charge < -0.3 is 0 Å². The summed E-state index contributed by atoms with van der Waals surface area (Å²) in [7, 11) is 0. The van der Waals surface area contributed by atoms with Crippen LogP contribution in [0.2, 0.25) is 0 Å². The molecule has 0 atom stereocenters. The molecule has 36 heavy (non-hydrogen) atoms. The van der Waals surface area contributed by atoms with Gasteiger partial charge in [-0.2, -0.15) is 0 Å². The van der Waals surface area contributed by atoms with Gasteiger partial charge in [-0.25, -0.2) is 9.13 Å². The first-order chi connectivity index (χ1) is 17.7. The molecule has 0 unspecified atom stereocenters. The van der Waals surface area contributed by atoms with E-state index in [0.29, 0.717) is 0 Å². The van der Waals surface area contributed by atoms with Gasteiger partial charge in [0, 0.05) is 37.1 Å². The van der Waals surface area contributed by atoms with Gasteiger partial charge >= 0.3 is 0 Å². The standard InChI is InChI=1S/C26H30N2S8/c1-29-21-23-31-17-5-3-11-27-13-7-19(8-14-27)20-9-15-28(16-10-20)12-4-6-18-32-24-22(30-2)34-26(36-24)25(33-21)35-23/h7-10,13-16H,3-6,11-12,17-18H2,1-2H3/q+2/b26-25+. The molecular weight excluding hydrogens is 597 g/mol. The Balaban J connectivity index is 1.30. The Morgan fingerprint density at radius 1 is 0.556 bits per heavy atom. The highest BCUT2D eigenvalue weighted by Crippen LogP contribution is 2.65. The number of aromatic nitrogens is 2. The van der Waals surface area contributed by atoms with Gasteiger partial charge in [-0.15, -0.1) is 47.0 Å². The molecule has 2 nitrogen and oxygen atoms in total. The second-order valence-corrected chi connectivity index (χ2v) is 17.8. The maximum Gasteiger partial charge on any atom is 0.169 e. The van der Waals surface area contributed by atoms with E-state index >= 15 is 0 Å². The normalized spacial score (nSPS) is 21.9. The maximum atomic E-state index is 2.32. The van der Waals surface area contributed by atoms with Crippen LogP contribution < -0.4 is 9.13 Å². The highest BCUT2D eigenvalue weighted by atomic mass is 32.3. The summed E-state index contributed by atoms with van der Waals surface area (Å²) >= 11 is 16.0. The monoisotopic (exact) mass is 626 g/mol. The molecule has 2 aromatic rings. The summed E-state index contributed by atoms with van der Waals surface area (Å²) in [6.45, 7) is 2.16. The van der Waals surface area contributed by atoms with E-state index in [1.807, 2.05) is 70.6 Å². The van der Waals surface area contributed by atoms with Crippen LogP contribution in [-0.4, -0.2) is 24.0 Å². The van der Waals surface area contributed by atoms with Crippen LogP contribution in [0.15, 0.2) is 74.5 Å². The van der Waals surface area contributed by atoms with Crippen molar-refractivity contribution in [2.24, 2.45) is 0 Å². The smallest absolute Gasteiger partial charge is 0.169 e. The fraction of sp³-hybridized carbons (Fsp3) is 0.385.